The normalized spacial score (nSPS) is 14.8. The number of amides is 1. The predicted molar refractivity (Wildman–Crippen MR) is 104 cm³/mol. The second kappa shape index (κ2) is 10.5. The number of hydrogen-bond donors (Lipinski definition) is 0. The molecule has 0 bridgehead atoms. The van der Waals surface area contributed by atoms with Crippen molar-refractivity contribution >= 4 is 29.0 Å². The van der Waals surface area contributed by atoms with E-state index in [0.29, 0.717) is 39.2 Å². The molecule has 0 unspecified atom stereocenters. The van der Waals surface area contributed by atoms with Crippen LogP contribution < -0.4 is 4.90 Å². The number of piperazine rings is 1. The van der Waals surface area contributed by atoms with Gasteiger partial charge in [0.1, 0.15) is 5.78 Å². The molecule has 1 aromatic rings. The van der Waals surface area contributed by atoms with Crippen molar-refractivity contribution in [2.24, 2.45) is 0 Å². The van der Waals surface area contributed by atoms with Crippen LogP contribution in [0.4, 0.5) is 5.69 Å². The average molecular weight is 382 g/mol. The summed E-state index contributed by atoms with van der Waals surface area (Å²) in [5.74, 6) is 0.151. The fourth-order valence-electron chi connectivity index (χ4n) is 3.00. The van der Waals surface area contributed by atoms with E-state index in [9.17, 15) is 9.59 Å². The number of benzene rings is 1. The largest absolute Gasteiger partial charge is 0.383 e. The van der Waals surface area contributed by atoms with Crippen LogP contribution in [-0.2, 0) is 14.3 Å². The lowest BCUT2D eigenvalue weighted by atomic mass is 10.1. The second-order valence-electron chi connectivity index (χ2n) is 6.62. The molecule has 0 radical (unpaired) electrons. The molecule has 1 amide bonds. The van der Waals surface area contributed by atoms with Crippen molar-refractivity contribution in [3.05, 3.63) is 29.3 Å². The summed E-state index contributed by atoms with van der Waals surface area (Å²) in [6, 6.07) is 7.76. The Hall–Kier alpha value is -1.63. The Bertz CT molecular complexity index is 603. The molecule has 1 heterocycles. The first-order valence-corrected chi connectivity index (χ1v) is 9.35. The van der Waals surface area contributed by atoms with Crippen molar-refractivity contribution in [2.75, 3.05) is 64.9 Å². The summed E-state index contributed by atoms with van der Waals surface area (Å²) >= 11 is 6.04. The highest BCUT2D eigenvalue weighted by Gasteiger charge is 2.22. The minimum atomic E-state index is 0.0589. The number of anilines is 1. The van der Waals surface area contributed by atoms with Crippen LogP contribution in [0.25, 0.3) is 0 Å². The molecule has 6 nitrogen and oxygen atoms in total. The number of carbonyl (C=O) groups is 2. The van der Waals surface area contributed by atoms with Crippen molar-refractivity contribution in [1.29, 1.82) is 0 Å². The lowest BCUT2D eigenvalue weighted by molar-refractivity contribution is -0.133. The molecule has 0 atom stereocenters. The van der Waals surface area contributed by atoms with Gasteiger partial charge in [-0.3, -0.25) is 14.5 Å². The van der Waals surface area contributed by atoms with Crippen molar-refractivity contribution in [3.8, 4) is 0 Å². The topological polar surface area (TPSA) is 53.1 Å². The first kappa shape index (κ1) is 20.7. The van der Waals surface area contributed by atoms with Gasteiger partial charge in [0.2, 0.25) is 5.91 Å². The molecule has 1 aromatic carbocycles. The zero-order chi connectivity index (χ0) is 18.9. The van der Waals surface area contributed by atoms with E-state index in [1.54, 1.807) is 7.11 Å². The molecular formula is C19H28ClN3O3. The zero-order valence-electron chi connectivity index (χ0n) is 15.6. The molecule has 2 rings (SSSR count). The number of ether oxygens (including phenoxy) is 1. The quantitative estimate of drug-likeness (QED) is 0.654. The minimum absolute atomic E-state index is 0.0589. The van der Waals surface area contributed by atoms with Crippen molar-refractivity contribution < 1.29 is 14.3 Å². The predicted octanol–water partition coefficient (Wildman–Crippen LogP) is 1.92. The molecule has 1 saturated heterocycles. The highest BCUT2D eigenvalue weighted by Crippen LogP contribution is 2.21. The van der Waals surface area contributed by atoms with Crippen LogP contribution in [0.3, 0.4) is 0 Å². The van der Waals surface area contributed by atoms with Gasteiger partial charge in [0.15, 0.2) is 0 Å². The summed E-state index contributed by atoms with van der Waals surface area (Å²) < 4.78 is 4.99. The number of likely N-dealkylation sites (N-methyl/N-ethyl adjacent to an activating group) is 1. The summed E-state index contributed by atoms with van der Waals surface area (Å²) in [5.41, 5.74) is 1.08. The average Bonchev–Trinajstić information content (AvgIpc) is 2.64. The maximum atomic E-state index is 12.4. The third kappa shape index (κ3) is 6.59. The summed E-state index contributed by atoms with van der Waals surface area (Å²) in [4.78, 5) is 30.4. The Kier molecular flexibility index (Phi) is 8.35. The maximum Gasteiger partial charge on any atom is 0.223 e. The Balaban J connectivity index is 1.70. The van der Waals surface area contributed by atoms with Crippen molar-refractivity contribution in [2.45, 2.75) is 12.8 Å². The van der Waals surface area contributed by atoms with Gasteiger partial charge in [0.25, 0.3) is 0 Å². The standard InChI is InChI=1S/C19H28ClN3O3/c1-21(12-13-26-2)15-18(24)6-7-19(25)23-10-8-22(9-11-23)17-5-3-4-16(20)14-17/h3-5,14H,6-13,15H2,1-2H3. The van der Waals surface area contributed by atoms with Gasteiger partial charge in [-0.25, -0.2) is 0 Å². The number of Topliss-reactive ketones (excluding diaryl/α,β-unsaturated/α-hetero) is 1. The van der Waals surface area contributed by atoms with E-state index in [1.165, 1.54) is 0 Å². The Morgan fingerprint density at radius 3 is 2.58 bits per heavy atom. The van der Waals surface area contributed by atoms with Gasteiger partial charge in [-0.1, -0.05) is 17.7 Å². The molecule has 1 fully saturated rings. The van der Waals surface area contributed by atoms with E-state index in [0.717, 1.165) is 23.8 Å². The number of halogens is 1. The van der Waals surface area contributed by atoms with Gasteiger partial charge in [0, 0.05) is 63.4 Å². The fourth-order valence-corrected chi connectivity index (χ4v) is 3.18. The van der Waals surface area contributed by atoms with Gasteiger partial charge < -0.3 is 14.5 Å². The lowest BCUT2D eigenvalue weighted by Crippen LogP contribution is -2.48. The number of nitrogens with zero attached hydrogens (tertiary/aromatic N) is 3. The molecule has 0 spiro atoms. The van der Waals surface area contributed by atoms with E-state index >= 15 is 0 Å². The number of methoxy groups -OCH3 is 1. The van der Waals surface area contributed by atoms with Crippen LogP contribution >= 0.6 is 11.6 Å². The number of carbonyl (C=O) groups excluding carboxylic acids is 2. The van der Waals surface area contributed by atoms with Crippen LogP contribution in [0.2, 0.25) is 5.02 Å². The second-order valence-corrected chi connectivity index (χ2v) is 7.05. The Morgan fingerprint density at radius 2 is 1.92 bits per heavy atom. The van der Waals surface area contributed by atoms with Gasteiger partial charge in [-0.05, 0) is 25.2 Å². The molecule has 0 saturated carbocycles. The third-order valence-corrected chi connectivity index (χ3v) is 4.78. The van der Waals surface area contributed by atoms with Gasteiger partial charge >= 0.3 is 0 Å². The summed E-state index contributed by atoms with van der Waals surface area (Å²) in [6.45, 7) is 4.57. The van der Waals surface area contributed by atoms with Gasteiger partial charge in [0.05, 0.1) is 13.2 Å². The van der Waals surface area contributed by atoms with Crippen LogP contribution in [0.1, 0.15) is 12.8 Å². The maximum absolute atomic E-state index is 12.4. The SMILES string of the molecule is COCCN(C)CC(=O)CCC(=O)N1CCN(c2cccc(Cl)c2)CC1. The molecule has 0 N–H and O–H groups in total. The smallest absolute Gasteiger partial charge is 0.223 e. The molecule has 144 valence electrons. The molecule has 0 aromatic heterocycles. The first-order valence-electron chi connectivity index (χ1n) is 8.97. The number of rotatable bonds is 9. The molecule has 1 aliphatic heterocycles. The molecule has 0 aliphatic carbocycles. The van der Waals surface area contributed by atoms with E-state index in [2.05, 4.69) is 4.90 Å². The summed E-state index contributed by atoms with van der Waals surface area (Å²) in [5, 5.41) is 0.718. The van der Waals surface area contributed by atoms with Crippen molar-refractivity contribution in [1.82, 2.24) is 9.80 Å². The van der Waals surface area contributed by atoms with E-state index < -0.39 is 0 Å². The van der Waals surface area contributed by atoms with Crippen LogP contribution in [0, 0.1) is 0 Å². The monoisotopic (exact) mass is 381 g/mol. The number of hydrogen-bond acceptors (Lipinski definition) is 5. The zero-order valence-corrected chi connectivity index (χ0v) is 16.4. The van der Waals surface area contributed by atoms with Crippen LogP contribution in [0.15, 0.2) is 24.3 Å². The highest BCUT2D eigenvalue weighted by molar-refractivity contribution is 6.30. The molecule has 1 aliphatic rings. The third-order valence-electron chi connectivity index (χ3n) is 4.55. The minimum Gasteiger partial charge on any atom is -0.383 e. The first-order chi connectivity index (χ1) is 12.5. The van der Waals surface area contributed by atoms with Crippen LogP contribution in [0.5, 0.6) is 0 Å². The number of ketones is 1. The van der Waals surface area contributed by atoms with Gasteiger partial charge in [-0.15, -0.1) is 0 Å². The molecule has 26 heavy (non-hydrogen) atoms. The molecular weight excluding hydrogens is 354 g/mol. The lowest BCUT2D eigenvalue weighted by Gasteiger charge is -2.36. The fraction of sp³-hybridized carbons (Fsp3) is 0.579. The summed E-state index contributed by atoms with van der Waals surface area (Å²) in [7, 11) is 3.52. The van der Waals surface area contributed by atoms with E-state index in [-0.39, 0.29) is 18.1 Å². The molecule has 7 heteroatoms. The highest BCUT2D eigenvalue weighted by atomic mass is 35.5. The van der Waals surface area contributed by atoms with E-state index in [4.69, 9.17) is 16.3 Å². The van der Waals surface area contributed by atoms with E-state index in [1.807, 2.05) is 41.1 Å². The van der Waals surface area contributed by atoms with Crippen molar-refractivity contribution in [3.63, 3.8) is 0 Å². The summed E-state index contributed by atoms with van der Waals surface area (Å²) in [6.07, 6.45) is 0.582. The van der Waals surface area contributed by atoms with Crippen LogP contribution in [-0.4, -0.2) is 81.5 Å². The Labute approximate surface area is 160 Å². The Morgan fingerprint density at radius 1 is 1.19 bits per heavy atom. The van der Waals surface area contributed by atoms with Gasteiger partial charge in [-0.2, -0.15) is 0 Å².